The molecule has 0 saturated carbocycles. The van der Waals surface area contributed by atoms with Gasteiger partial charge in [0.25, 0.3) is 0 Å². The Morgan fingerprint density at radius 3 is 2.68 bits per heavy atom. The fraction of sp³-hybridized carbons (Fsp3) is 0.214. The maximum atomic E-state index is 12.4. The van der Waals surface area contributed by atoms with Gasteiger partial charge in [0.15, 0.2) is 0 Å². The second-order valence-electron chi connectivity index (χ2n) is 4.60. The lowest BCUT2D eigenvalue weighted by atomic mass is 10.2. The van der Waals surface area contributed by atoms with E-state index in [1.165, 1.54) is 25.4 Å². The summed E-state index contributed by atoms with van der Waals surface area (Å²) < 4.78 is 31.2. The van der Waals surface area contributed by atoms with Crippen LogP contribution in [-0.4, -0.2) is 37.4 Å². The summed E-state index contributed by atoms with van der Waals surface area (Å²) in [7, 11) is -2.37. The summed E-state index contributed by atoms with van der Waals surface area (Å²) in [5.74, 6) is -0.607. The van der Waals surface area contributed by atoms with E-state index in [1.54, 1.807) is 12.1 Å². The number of likely N-dealkylation sites (N-methyl/N-ethyl adjacent to an activating group) is 1. The minimum Gasteiger partial charge on any atom is -0.478 e. The quantitative estimate of drug-likeness (QED) is 0.870. The lowest BCUT2D eigenvalue weighted by Gasteiger charge is -2.17. The molecule has 0 saturated heterocycles. The molecule has 22 heavy (non-hydrogen) atoms. The predicted octanol–water partition coefficient (Wildman–Crippen LogP) is 2.49. The maximum Gasteiger partial charge on any atom is 0.337 e. The van der Waals surface area contributed by atoms with Gasteiger partial charge in [-0.1, -0.05) is 11.6 Å². The van der Waals surface area contributed by atoms with E-state index in [-0.39, 0.29) is 22.0 Å². The van der Waals surface area contributed by atoms with E-state index in [2.05, 4.69) is 0 Å². The van der Waals surface area contributed by atoms with Gasteiger partial charge in [-0.25, -0.2) is 17.5 Å². The molecular formula is C14H14ClNO5S. The van der Waals surface area contributed by atoms with Crippen LogP contribution in [0.25, 0.3) is 0 Å². The number of nitrogens with zero attached hydrogens (tertiary/aromatic N) is 1. The highest BCUT2D eigenvalue weighted by molar-refractivity contribution is 7.89. The van der Waals surface area contributed by atoms with Crippen molar-refractivity contribution < 1.29 is 22.7 Å². The van der Waals surface area contributed by atoms with Gasteiger partial charge in [-0.05, 0) is 30.3 Å². The standard InChI is InChI=1S/C14H14ClNO5S/c1-16(7-6-10-3-2-8-21-10)22(19,20)11-4-5-13(15)12(9-11)14(17)18/h2-5,8-9H,6-7H2,1H3,(H,17,18). The van der Waals surface area contributed by atoms with Crippen LogP contribution in [0.1, 0.15) is 16.1 Å². The number of benzene rings is 1. The monoisotopic (exact) mass is 343 g/mol. The van der Waals surface area contributed by atoms with Crippen LogP contribution >= 0.6 is 11.6 Å². The molecule has 6 nitrogen and oxygen atoms in total. The highest BCUT2D eigenvalue weighted by Gasteiger charge is 2.23. The number of carboxylic acid groups (broad SMARTS) is 1. The van der Waals surface area contributed by atoms with E-state index in [4.69, 9.17) is 21.1 Å². The zero-order valence-corrected chi connectivity index (χ0v) is 13.3. The van der Waals surface area contributed by atoms with Crippen molar-refractivity contribution in [1.29, 1.82) is 0 Å². The Morgan fingerprint density at radius 1 is 1.36 bits per heavy atom. The van der Waals surface area contributed by atoms with Crippen molar-refractivity contribution in [3.8, 4) is 0 Å². The Bertz CT molecular complexity index is 771. The third-order valence-electron chi connectivity index (χ3n) is 3.13. The van der Waals surface area contributed by atoms with Crippen molar-refractivity contribution in [2.24, 2.45) is 0 Å². The van der Waals surface area contributed by atoms with Gasteiger partial charge in [-0.15, -0.1) is 0 Å². The lowest BCUT2D eigenvalue weighted by Crippen LogP contribution is -2.29. The number of furan rings is 1. The normalized spacial score (nSPS) is 11.8. The number of rotatable bonds is 6. The van der Waals surface area contributed by atoms with Gasteiger partial charge in [0.05, 0.1) is 21.7 Å². The molecule has 0 amide bonds. The average Bonchev–Trinajstić information content (AvgIpc) is 2.97. The topological polar surface area (TPSA) is 87.8 Å². The molecule has 0 aliphatic carbocycles. The predicted molar refractivity (Wildman–Crippen MR) is 80.6 cm³/mol. The first-order valence-electron chi connectivity index (χ1n) is 6.34. The first-order chi connectivity index (χ1) is 10.3. The summed E-state index contributed by atoms with van der Waals surface area (Å²) >= 11 is 5.75. The van der Waals surface area contributed by atoms with Crippen molar-refractivity contribution in [2.45, 2.75) is 11.3 Å². The average molecular weight is 344 g/mol. The Labute approximate surface area is 133 Å². The van der Waals surface area contributed by atoms with Crippen molar-refractivity contribution >= 4 is 27.6 Å². The molecule has 1 aromatic heterocycles. The van der Waals surface area contributed by atoms with Crippen LogP contribution in [0, 0.1) is 0 Å². The molecule has 0 aliphatic heterocycles. The lowest BCUT2D eigenvalue weighted by molar-refractivity contribution is 0.0697. The van der Waals surface area contributed by atoms with E-state index in [0.29, 0.717) is 12.2 Å². The van der Waals surface area contributed by atoms with E-state index in [0.717, 1.165) is 10.4 Å². The fourth-order valence-corrected chi connectivity index (χ4v) is 3.25. The van der Waals surface area contributed by atoms with Crippen LogP contribution < -0.4 is 0 Å². The molecule has 0 atom stereocenters. The molecular weight excluding hydrogens is 330 g/mol. The van der Waals surface area contributed by atoms with Crippen molar-refractivity contribution in [3.63, 3.8) is 0 Å². The van der Waals surface area contributed by atoms with Crippen LogP contribution in [0.2, 0.25) is 5.02 Å². The molecule has 0 radical (unpaired) electrons. The number of halogens is 1. The van der Waals surface area contributed by atoms with Crippen LogP contribution in [0.4, 0.5) is 0 Å². The number of carboxylic acids is 1. The van der Waals surface area contributed by atoms with E-state index in [9.17, 15) is 13.2 Å². The van der Waals surface area contributed by atoms with Crippen molar-refractivity contribution in [3.05, 3.63) is 52.9 Å². The van der Waals surface area contributed by atoms with E-state index >= 15 is 0 Å². The van der Waals surface area contributed by atoms with Crippen LogP contribution in [0.3, 0.4) is 0 Å². The highest BCUT2D eigenvalue weighted by Crippen LogP contribution is 2.22. The summed E-state index contributed by atoms with van der Waals surface area (Å²) in [6.45, 7) is 0.209. The van der Waals surface area contributed by atoms with Gasteiger partial charge in [0, 0.05) is 20.0 Å². The zero-order valence-electron chi connectivity index (χ0n) is 11.7. The summed E-state index contributed by atoms with van der Waals surface area (Å²) in [6, 6.07) is 7.09. The third kappa shape index (κ3) is 3.49. The molecule has 0 fully saturated rings. The SMILES string of the molecule is CN(CCc1ccco1)S(=O)(=O)c1ccc(Cl)c(C(=O)O)c1. The van der Waals surface area contributed by atoms with Gasteiger partial charge in [-0.3, -0.25) is 0 Å². The van der Waals surface area contributed by atoms with Crippen molar-refractivity contribution in [2.75, 3.05) is 13.6 Å². The molecule has 2 rings (SSSR count). The van der Waals surface area contributed by atoms with E-state index in [1.807, 2.05) is 0 Å². The van der Waals surface area contributed by atoms with Gasteiger partial charge in [0.1, 0.15) is 5.76 Å². The Morgan fingerprint density at radius 2 is 2.09 bits per heavy atom. The molecule has 0 bridgehead atoms. The largest absolute Gasteiger partial charge is 0.478 e. The van der Waals surface area contributed by atoms with Gasteiger partial charge >= 0.3 is 5.97 Å². The van der Waals surface area contributed by atoms with Crippen LogP contribution in [0.5, 0.6) is 0 Å². The highest BCUT2D eigenvalue weighted by atomic mass is 35.5. The van der Waals surface area contributed by atoms with E-state index < -0.39 is 16.0 Å². The summed E-state index contributed by atoms with van der Waals surface area (Å²) in [6.07, 6.45) is 1.93. The molecule has 2 aromatic rings. The first-order valence-corrected chi connectivity index (χ1v) is 8.15. The van der Waals surface area contributed by atoms with Gasteiger partial charge in [-0.2, -0.15) is 0 Å². The molecule has 0 unspecified atom stereocenters. The minimum absolute atomic E-state index is 0.00955. The Balaban J connectivity index is 2.22. The number of carbonyl (C=O) groups is 1. The molecule has 118 valence electrons. The Hall–Kier alpha value is -1.83. The number of aromatic carboxylic acids is 1. The molecule has 1 heterocycles. The minimum atomic E-state index is -3.80. The molecule has 1 N–H and O–H groups in total. The Kier molecular flexibility index (Phi) is 4.90. The molecule has 8 heteroatoms. The first kappa shape index (κ1) is 16.5. The number of hydrogen-bond donors (Lipinski definition) is 1. The van der Waals surface area contributed by atoms with Crippen molar-refractivity contribution in [1.82, 2.24) is 4.31 Å². The maximum absolute atomic E-state index is 12.4. The number of sulfonamides is 1. The number of hydrogen-bond acceptors (Lipinski definition) is 4. The van der Waals surface area contributed by atoms with Gasteiger partial charge < -0.3 is 9.52 Å². The fourth-order valence-electron chi connectivity index (χ4n) is 1.85. The molecule has 0 spiro atoms. The molecule has 0 aliphatic rings. The van der Waals surface area contributed by atoms with Gasteiger partial charge in [0.2, 0.25) is 10.0 Å². The second-order valence-corrected chi connectivity index (χ2v) is 7.05. The second kappa shape index (κ2) is 6.51. The summed E-state index contributed by atoms with van der Waals surface area (Å²) in [5.41, 5.74) is -0.248. The van der Waals surface area contributed by atoms with Crippen LogP contribution in [0.15, 0.2) is 45.9 Å². The van der Waals surface area contributed by atoms with Crippen LogP contribution in [-0.2, 0) is 16.4 Å². The smallest absolute Gasteiger partial charge is 0.337 e. The zero-order chi connectivity index (χ0) is 16.3. The summed E-state index contributed by atoms with van der Waals surface area (Å²) in [4.78, 5) is 10.9. The molecule has 1 aromatic carbocycles. The summed E-state index contributed by atoms with van der Waals surface area (Å²) in [5, 5.41) is 9.01. The third-order valence-corrected chi connectivity index (χ3v) is 5.31.